The van der Waals surface area contributed by atoms with Crippen LogP contribution in [0, 0.1) is 27.4 Å². The van der Waals surface area contributed by atoms with Crippen LogP contribution < -0.4 is 4.43 Å². The molecular weight excluding hydrogens is 454 g/mol. The summed E-state index contributed by atoms with van der Waals surface area (Å²) in [5.41, 5.74) is 1.39. The Morgan fingerprint density at radius 3 is 2.35 bits per heavy atom. The van der Waals surface area contributed by atoms with E-state index in [2.05, 4.69) is 26.6 Å². The number of hydrogen-bond acceptors (Lipinski definition) is 7. The molecule has 0 aliphatic heterocycles. The van der Waals surface area contributed by atoms with E-state index in [1.165, 1.54) is 13.8 Å². The molecule has 7 atom stereocenters. The van der Waals surface area contributed by atoms with Crippen molar-refractivity contribution in [3.05, 3.63) is 39.4 Å². The minimum absolute atomic E-state index is 0.0454. The predicted octanol–water partition coefficient (Wildman–Crippen LogP) is 5.01. The highest BCUT2D eigenvalue weighted by atomic mass is 28.4. The summed E-state index contributed by atoms with van der Waals surface area (Å²) in [7, 11) is -1.85. The van der Waals surface area contributed by atoms with Crippen LogP contribution in [0.25, 0.3) is 0 Å². The molecule has 2 saturated carbocycles. The van der Waals surface area contributed by atoms with Crippen LogP contribution in [0.15, 0.2) is 18.2 Å². The van der Waals surface area contributed by atoms with E-state index >= 15 is 0 Å². The third-order valence-corrected chi connectivity index (χ3v) is 8.80. The van der Waals surface area contributed by atoms with Crippen molar-refractivity contribution in [3.8, 4) is 5.75 Å². The molecule has 3 unspecified atom stereocenters. The number of rotatable bonds is 5. The molecule has 8 nitrogen and oxygen atoms in total. The monoisotopic (exact) mass is 489 g/mol. The van der Waals surface area contributed by atoms with Crippen LogP contribution in [0.4, 0.5) is 0 Å². The maximum absolute atomic E-state index is 12.2. The van der Waals surface area contributed by atoms with Crippen LogP contribution in [0.3, 0.4) is 0 Å². The van der Waals surface area contributed by atoms with Crippen LogP contribution in [-0.2, 0) is 19.1 Å². The molecule has 3 aliphatic rings. The van der Waals surface area contributed by atoms with E-state index in [-0.39, 0.29) is 22.7 Å². The van der Waals surface area contributed by atoms with E-state index in [9.17, 15) is 19.7 Å². The van der Waals surface area contributed by atoms with E-state index in [1.54, 1.807) is 0 Å². The molecule has 34 heavy (non-hydrogen) atoms. The Hall–Kier alpha value is -2.42. The minimum atomic E-state index is -1.85. The van der Waals surface area contributed by atoms with Crippen molar-refractivity contribution in [2.45, 2.75) is 90.3 Å². The average Bonchev–Trinajstić information content (AvgIpc) is 2.96. The number of nitro groups is 1. The number of carbonyl (C=O) groups is 2. The van der Waals surface area contributed by atoms with Crippen LogP contribution in [0.2, 0.25) is 19.6 Å². The first-order valence-electron chi connectivity index (χ1n) is 12.1. The van der Waals surface area contributed by atoms with Gasteiger partial charge in [0.2, 0.25) is 14.4 Å². The quantitative estimate of drug-likeness (QED) is 0.248. The van der Waals surface area contributed by atoms with Gasteiger partial charge < -0.3 is 13.9 Å². The van der Waals surface area contributed by atoms with Gasteiger partial charge in [0.15, 0.2) is 0 Å². The van der Waals surface area contributed by atoms with Gasteiger partial charge in [-0.3, -0.25) is 19.7 Å². The lowest BCUT2D eigenvalue weighted by atomic mass is 9.54. The standard InChI is InChI=1S/C25H35NO7Si/c1-14(27)31-23-13-21-19-12-22(26(29)30)20-11-16(33-34(4,5)6)7-8-17(20)18(19)9-10-25(21,3)24(23)32-15(2)28/h7-8,11,18-19,21-24H,9-10,12-13H2,1-6H3/t18-,19-,21+,22?,23?,24?,25+/m1/s1. The van der Waals surface area contributed by atoms with Crippen molar-refractivity contribution in [2.24, 2.45) is 17.3 Å². The summed E-state index contributed by atoms with van der Waals surface area (Å²) in [5.74, 6) is 0.164. The summed E-state index contributed by atoms with van der Waals surface area (Å²) in [6.07, 6.45) is 1.53. The van der Waals surface area contributed by atoms with Gasteiger partial charge in [-0.1, -0.05) is 13.0 Å². The molecule has 1 aromatic rings. The van der Waals surface area contributed by atoms with Crippen molar-refractivity contribution in [2.75, 3.05) is 0 Å². The highest BCUT2D eigenvalue weighted by Gasteiger charge is 2.62. The highest BCUT2D eigenvalue weighted by Crippen LogP contribution is 2.63. The highest BCUT2D eigenvalue weighted by molar-refractivity contribution is 6.70. The summed E-state index contributed by atoms with van der Waals surface area (Å²) in [5, 5.41) is 12.2. The predicted molar refractivity (Wildman–Crippen MR) is 128 cm³/mol. The van der Waals surface area contributed by atoms with Crippen molar-refractivity contribution < 1.29 is 28.4 Å². The molecule has 0 amide bonds. The summed E-state index contributed by atoms with van der Waals surface area (Å²) >= 11 is 0. The summed E-state index contributed by atoms with van der Waals surface area (Å²) in [6, 6.07) is 5.03. The Balaban J connectivity index is 1.72. The molecule has 186 valence electrons. The number of esters is 2. The van der Waals surface area contributed by atoms with Crippen LogP contribution in [0.5, 0.6) is 5.75 Å². The molecule has 0 radical (unpaired) electrons. The van der Waals surface area contributed by atoms with E-state index in [4.69, 9.17) is 13.9 Å². The number of ether oxygens (including phenoxy) is 2. The summed E-state index contributed by atoms with van der Waals surface area (Å²) in [6.45, 7) is 11.1. The lowest BCUT2D eigenvalue weighted by Crippen LogP contribution is -2.47. The summed E-state index contributed by atoms with van der Waals surface area (Å²) in [4.78, 5) is 35.7. The molecule has 4 rings (SSSR count). The number of benzene rings is 1. The van der Waals surface area contributed by atoms with Gasteiger partial charge in [-0.2, -0.15) is 0 Å². The van der Waals surface area contributed by atoms with Gasteiger partial charge in [0.05, 0.1) is 0 Å². The van der Waals surface area contributed by atoms with Gasteiger partial charge in [0.25, 0.3) is 0 Å². The molecule has 2 fully saturated rings. The van der Waals surface area contributed by atoms with Gasteiger partial charge in [0, 0.05) is 36.2 Å². The first kappa shape index (κ1) is 24.7. The molecule has 1 aromatic carbocycles. The van der Waals surface area contributed by atoms with Gasteiger partial charge in [-0.15, -0.1) is 0 Å². The zero-order valence-corrected chi connectivity index (χ0v) is 21.8. The Kier molecular flexibility index (Phi) is 6.29. The number of hydrogen-bond donors (Lipinski definition) is 0. The smallest absolute Gasteiger partial charge is 0.303 e. The lowest BCUT2D eigenvalue weighted by molar-refractivity contribution is -0.533. The first-order valence-corrected chi connectivity index (χ1v) is 15.5. The number of nitrogens with zero attached hydrogens (tertiary/aromatic N) is 1. The normalized spacial score (nSPS) is 34.3. The second-order valence-corrected chi connectivity index (χ2v) is 15.8. The van der Waals surface area contributed by atoms with E-state index in [1.807, 2.05) is 18.2 Å². The Morgan fingerprint density at radius 2 is 1.76 bits per heavy atom. The first-order chi connectivity index (χ1) is 15.8. The minimum Gasteiger partial charge on any atom is -0.544 e. The average molecular weight is 490 g/mol. The van der Waals surface area contributed by atoms with Crippen LogP contribution in [-0.4, -0.2) is 37.4 Å². The molecule has 9 heteroatoms. The molecule has 3 aliphatic carbocycles. The van der Waals surface area contributed by atoms with Gasteiger partial charge in [0.1, 0.15) is 18.0 Å². The van der Waals surface area contributed by atoms with E-state index in [0.717, 1.165) is 24.0 Å². The summed E-state index contributed by atoms with van der Waals surface area (Å²) < 4.78 is 17.5. The maximum Gasteiger partial charge on any atom is 0.303 e. The maximum atomic E-state index is 12.2. The fraction of sp³-hybridized carbons (Fsp3) is 0.680. The molecule has 0 bridgehead atoms. The van der Waals surface area contributed by atoms with Gasteiger partial charge >= 0.3 is 11.9 Å². The lowest BCUT2D eigenvalue weighted by Gasteiger charge is -2.50. The molecule has 0 spiro atoms. The zero-order chi connectivity index (χ0) is 25.0. The SMILES string of the molecule is CC(=O)OC1C[C@H]2[C@@H]3CC([N+](=O)[O-])c4cc(O[Si](C)(C)C)ccc4[C@H]3CC[C@]2(C)C1OC(C)=O. The molecule has 0 N–H and O–H groups in total. The Morgan fingerprint density at radius 1 is 1.09 bits per heavy atom. The van der Waals surface area contributed by atoms with Gasteiger partial charge in [-0.25, -0.2) is 0 Å². The number of fused-ring (bicyclic) bond motifs is 5. The third-order valence-electron chi connectivity index (χ3n) is 7.95. The number of carbonyl (C=O) groups excluding carboxylic acids is 2. The van der Waals surface area contributed by atoms with Crippen molar-refractivity contribution in [3.63, 3.8) is 0 Å². The van der Waals surface area contributed by atoms with Crippen molar-refractivity contribution in [1.29, 1.82) is 0 Å². The van der Waals surface area contributed by atoms with Gasteiger partial charge in [-0.05, 0) is 74.4 Å². The molecular formula is C25H35NO7Si. The van der Waals surface area contributed by atoms with E-state index < -0.39 is 43.9 Å². The fourth-order valence-corrected chi connectivity index (χ4v) is 7.67. The second-order valence-electron chi connectivity index (χ2n) is 11.4. The van der Waals surface area contributed by atoms with Crippen LogP contribution in [0.1, 0.15) is 69.5 Å². The van der Waals surface area contributed by atoms with Crippen molar-refractivity contribution in [1.82, 2.24) is 0 Å². The second kappa shape index (κ2) is 8.66. The Bertz CT molecular complexity index is 1010. The topological polar surface area (TPSA) is 105 Å². The molecule has 0 aromatic heterocycles. The van der Waals surface area contributed by atoms with Crippen molar-refractivity contribution >= 4 is 20.3 Å². The molecule has 0 heterocycles. The zero-order valence-electron chi connectivity index (χ0n) is 20.8. The Labute approximate surface area is 201 Å². The van der Waals surface area contributed by atoms with Crippen LogP contribution >= 0.6 is 0 Å². The largest absolute Gasteiger partial charge is 0.544 e. The van der Waals surface area contributed by atoms with E-state index in [0.29, 0.717) is 18.6 Å². The third kappa shape index (κ3) is 4.46. The fourth-order valence-electron chi connectivity index (χ4n) is 6.84. The molecule has 0 saturated heterocycles.